The zero-order chi connectivity index (χ0) is 13.0. The van der Waals surface area contributed by atoms with Crippen LogP contribution in [0.4, 0.5) is 5.13 Å². The van der Waals surface area contributed by atoms with Crippen LogP contribution in [0.3, 0.4) is 0 Å². The monoisotopic (exact) mass is 281 g/mol. The minimum absolute atomic E-state index is 0.101. The van der Waals surface area contributed by atoms with E-state index in [2.05, 4.69) is 10.3 Å². The molecule has 0 spiro atoms. The molecule has 0 aliphatic carbocycles. The molecule has 1 amide bonds. The van der Waals surface area contributed by atoms with Gasteiger partial charge < -0.3 is 15.2 Å². The maximum Gasteiger partial charge on any atom is 0.226 e. The van der Waals surface area contributed by atoms with Crippen molar-refractivity contribution in [1.82, 2.24) is 4.98 Å². The van der Waals surface area contributed by atoms with E-state index in [1.165, 1.54) is 11.3 Å². The third-order valence-corrected chi connectivity index (χ3v) is 3.73. The van der Waals surface area contributed by atoms with E-state index in [-0.39, 0.29) is 18.7 Å². The molecule has 0 bridgehead atoms. The van der Waals surface area contributed by atoms with Crippen LogP contribution in [0.2, 0.25) is 0 Å². The third-order valence-electron chi connectivity index (χ3n) is 2.08. The van der Waals surface area contributed by atoms with Gasteiger partial charge in [-0.15, -0.1) is 22.7 Å². The molecule has 0 saturated carbocycles. The molecule has 2 rings (SSSR count). The number of carboxylic acids is 1. The number of aliphatic carboxylic acids is 1. The Hall–Kier alpha value is -1.73. The summed E-state index contributed by atoms with van der Waals surface area (Å²) in [7, 11) is 0. The van der Waals surface area contributed by atoms with E-state index in [1.807, 2.05) is 22.9 Å². The molecule has 5 nitrogen and oxygen atoms in total. The van der Waals surface area contributed by atoms with Crippen LogP contribution in [0.25, 0.3) is 10.6 Å². The highest BCUT2D eigenvalue weighted by Crippen LogP contribution is 2.28. The Kier molecular flexibility index (Phi) is 4.06. The van der Waals surface area contributed by atoms with Gasteiger partial charge in [-0.05, 0) is 17.9 Å². The van der Waals surface area contributed by atoms with Gasteiger partial charge in [0.2, 0.25) is 5.91 Å². The highest BCUT2D eigenvalue weighted by molar-refractivity contribution is 7.16. The van der Waals surface area contributed by atoms with Crippen molar-refractivity contribution in [1.29, 1.82) is 0 Å². The topological polar surface area (TPSA) is 82.1 Å². The highest BCUT2D eigenvalue weighted by Gasteiger charge is 2.08. The number of aromatic nitrogens is 1. The first-order chi connectivity index (χ1) is 8.65. The van der Waals surface area contributed by atoms with Crippen LogP contribution >= 0.6 is 22.7 Å². The number of carboxylic acid groups (broad SMARTS) is 1. The molecule has 0 aliphatic rings. The Bertz CT molecular complexity index is 548. The van der Waals surface area contributed by atoms with E-state index in [0.717, 1.165) is 10.6 Å². The van der Waals surface area contributed by atoms with Crippen molar-refractivity contribution in [3.63, 3.8) is 0 Å². The zero-order valence-electron chi connectivity index (χ0n) is 9.21. The zero-order valence-corrected chi connectivity index (χ0v) is 10.8. The molecule has 7 heteroatoms. The quantitative estimate of drug-likeness (QED) is 0.896. The van der Waals surface area contributed by atoms with Crippen LogP contribution < -0.4 is 10.4 Å². The molecule has 0 unspecified atom stereocenters. The van der Waals surface area contributed by atoms with Crippen LogP contribution in [0, 0.1) is 0 Å². The van der Waals surface area contributed by atoms with Gasteiger partial charge in [0, 0.05) is 17.8 Å². The van der Waals surface area contributed by atoms with Gasteiger partial charge in [-0.2, -0.15) is 0 Å². The van der Waals surface area contributed by atoms with Crippen molar-refractivity contribution in [2.24, 2.45) is 0 Å². The average molecular weight is 281 g/mol. The van der Waals surface area contributed by atoms with Crippen molar-refractivity contribution in [3.8, 4) is 10.6 Å². The largest absolute Gasteiger partial charge is 0.550 e. The first-order valence-electron chi connectivity index (χ1n) is 5.14. The molecule has 2 heterocycles. The molecule has 0 aliphatic heterocycles. The fourth-order valence-corrected chi connectivity index (χ4v) is 2.75. The molecule has 0 saturated heterocycles. The van der Waals surface area contributed by atoms with E-state index in [9.17, 15) is 14.7 Å². The van der Waals surface area contributed by atoms with E-state index in [1.54, 1.807) is 11.3 Å². The van der Waals surface area contributed by atoms with Crippen molar-refractivity contribution in [2.45, 2.75) is 12.8 Å². The van der Waals surface area contributed by atoms with Crippen molar-refractivity contribution in [3.05, 3.63) is 22.9 Å². The molecule has 0 fully saturated rings. The van der Waals surface area contributed by atoms with Crippen LogP contribution in [-0.2, 0) is 9.59 Å². The fraction of sp³-hybridized carbons (Fsp3) is 0.182. The lowest BCUT2D eigenvalue weighted by atomic mass is 10.3. The molecule has 2 aromatic rings. The Morgan fingerprint density at radius 3 is 2.83 bits per heavy atom. The summed E-state index contributed by atoms with van der Waals surface area (Å²) in [5.74, 6) is -1.60. The fourth-order valence-electron chi connectivity index (χ4n) is 1.27. The number of thiophene rings is 1. The number of nitrogens with one attached hydrogen (secondary N) is 1. The van der Waals surface area contributed by atoms with Gasteiger partial charge >= 0.3 is 0 Å². The number of thiazole rings is 1. The minimum atomic E-state index is -1.23. The summed E-state index contributed by atoms with van der Waals surface area (Å²) in [6.07, 6.45) is -0.384. The number of hydrogen-bond donors (Lipinski definition) is 1. The van der Waals surface area contributed by atoms with Crippen molar-refractivity contribution < 1.29 is 14.7 Å². The van der Waals surface area contributed by atoms with Crippen LogP contribution in [0.5, 0.6) is 0 Å². The number of rotatable bonds is 5. The molecule has 18 heavy (non-hydrogen) atoms. The van der Waals surface area contributed by atoms with E-state index in [0.29, 0.717) is 5.13 Å². The first kappa shape index (κ1) is 12.7. The number of carbonyl (C=O) groups excluding carboxylic acids is 2. The lowest BCUT2D eigenvalue weighted by Crippen LogP contribution is -2.24. The van der Waals surface area contributed by atoms with Crippen LogP contribution in [0.1, 0.15) is 12.8 Å². The first-order valence-corrected chi connectivity index (χ1v) is 6.90. The molecular formula is C11H9N2O3S2-. The Morgan fingerprint density at radius 1 is 1.33 bits per heavy atom. The molecule has 1 N–H and O–H groups in total. The van der Waals surface area contributed by atoms with Gasteiger partial charge in [0.15, 0.2) is 5.13 Å². The van der Waals surface area contributed by atoms with Gasteiger partial charge in [-0.3, -0.25) is 4.79 Å². The number of anilines is 1. The third kappa shape index (κ3) is 3.38. The normalized spacial score (nSPS) is 10.2. The molecular weight excluding hydrogens is 272 g/mol. The Labute approximate surface area is 111 Å². The highest BCUT2D eigenvalue weighted by atomic mass is 32.1. The minimum Gasteiger partial charge on any atom is -0.550 e. The second kappa shape index (κ2) is 5.74. The maximum absolute atomic E-state index is 11.4. The standard InChI is InChI=1S/C11H10N2O3S2/c14-9(3-4-10(15)16)13-11-12-7(6-18-11)8-2-1-5-17-8/h1-2,5-6H,3-4H2,(H,15,16)(H,12,13,14)/p-1. The second-order valence-corrected chi connectivity index (χ2v) is 5.24. The summed E-state index contributed by atoms with van der Waals surface area (Å²) < 4.78 is 0. The lowest BCUT2D eigenvalue weighted by molar-refractivity contribution is -0.305. The van der Waals surface area contributed by atoms with Crippen molar-refractivity contribution >= 4 is 39.7 Å². The molecule has 0 atom stereocenters. The maximum atomic E-state index is 11.4. The van der Waals surface area contributed by atoms with Gasteiger partial charge in [-0.25, -0.2) is 4.98 Å². The summed E-state index contributed by atoms with van der Waals surface area (Å²) >= 11 is 2.88. The number of carbonyl (C=O) groups is 2. The molecule has 0 aromatic carbocycles. The van der Waals surface area contributed by atoms with Gasteiger partial charge in [-0.1, -0.05) is 6.07 Å². The smallest absolute Gasteiger partial charge is 0.226 e. The number of nitrogens with zero attached hydrogens (tertiary/aromatic N) is 1. The second-order valence-electron chi connectivity index (χ2n) is 3.44. The summed E-state index contributed by atoms with van der Waals surface area (Å²) in [6.45, 7) is 0. The van der Waals surface area contributed by atoms with E-state index >= 15 is 0 Å². The van der Waals surface area contributed by atoms with Gasteiger partial charge in [0.05, 0.1) is 10.6 Å². The van der Waals surface area contributed by atoms with E-state index in [4.69, 9.17) is 0 Å². The Balaban J connectivity index is 1.95. The Morgan fingerprint density at radius 2 is 2.17 bits per heavy atom. The summed E-state index contributed by atoms with van der Waals surface area (Å²) in [4.78, 5) is 26.9. The summed E-state index contributed by atoms with van der Waals surface area (Å²) in [5, 5.41) is 17.0. The van der Waals surface area contributed by atoms with Gasteiger partial charge in [0.25, 0.3) is 0 Å². The van der Waals surface area contributed by atoms with E-state index < -0.39 is 5.97 Å². The van der Waals surface area contributed by atoms with Crippen LogP contribution in [-0.4, -0.2) is 16.9 Å². The predicted molar refractivity (Wildman–Crippen MR) is 68.3 cm³/mol. The lowest BCUT2D eigenvalue weighted by Gasteiger charge is -2.01. The molecule has 0 radical (unpaired) electrons. The van der Waals surface area contributed by atoms with Crippen molar-refractivity contribution in [2.75, 3.05) is 5.32 Å². The summed E-state index contributed by atoms with van der Waals surface area (Å²) in [6, 6.07) is 3.87. The number of amides is 1. The number of hydrogen-bond acceptors (Lipinski definition) is 6. The van der Waals surface area contributed by atoms with Crippen LogP contribution in [0.15, 0.2) is 22.9 Å². The SMILES string of the molecule is O=C([O-])CCC(=O)Nc1nc(-c2cccs2)cs1. The molecule has 2 aromatic heterocycles. The summed E-state index contributed by atoms with van der Waals surface area (Å²) in [5.41, 5.74) is 0.810. The predicted octanol–water partition coefficient (Wildman–Crippen LogP) is 1.34. The average Bonchev–Trinajstić information content (AvgIpc) is 2.95. The molecule has 94 valence electrons. The van der Waals surface area contributed by atoms with Gasteiger partial charge in [0.1, 0.15) is 0 Å².